The largest absolute Gasteiger partial charge is 0.459 e. The van der Waals surface area contributed by atoms with Crippen LogP contribution in [0.3, 0.4) is 0 Å². The molecule has 130 valence electrons. The number of hydrogen-bond acceptors (Lipinski definition) is 6. The minimum atomic E-state index is -0.0954. The molecule has 3 rings (SSSR count). The van der Waals surface area contributed by atoms with E-state index in [0.29, 0.717) is 24.1 Å². The molecule has 0 spiro atoms. The van der Waals surface area contributed by atoms with Crippen molar-refractivity contribution in [3.8, 4) is 11.7 Å². The predicted molar refractivity (Wildman–Crippen MR) is 92.9 cm³/mol. The van der Waals surface area contributed by atoms with E-state index in [-0.39, 0.29) is 12.5 Å². The fraction of sp³-hybridized carbons (Fsp3) is 0.278. The molecule has 1 amide bonds. The molecule has 1 aromatic carbocycles. The number of aryl methyl sites for hydroxylation is 1. The number of benzene rings is 1. The summed E-state index contributed by atoms with van der Waals surface area (Å²) in [7, 11) is 1.82. The van der Waals surface area contributed by atoms with Crippen molar-refractivity contribution < 1.29 is 13.6 Å². The number of nitrogens with zero attached hydrogens (tertiary/aromatic N) is 3. The van der Waals surface area contributed by atoms with Crippen molar-refractivity contribution >= 4 is 11.6 Å². The van der Waals surface area contributed by atoms with Crippen LogP contribution in [0.15, 0.2) is 45.4 Å². The quantitative estimate of drug-likeness (QED) is 0.742. The molecule has 0 saturated heterocycles. The lowest BCUT2D eigenvalue weighted by molar-refractivity contribution is -0.117. The second-order valence-electron chi connectivity index (χ2n) is 5.95. The zero-order chi connectivity index (χ0) is 17.8. The highest BCUT2D eigenvalue weighted by Gasteiger charge is 2.14. The van der Waals surface area contributed by atoms with Gasteiger partial charge in [-0.25, -0.2) is 0 Å². The maximum Gasteiger partial charge on any atom is 0.283 e. The molecule has 1 N–H and O–H groups in total. The molecule has 7 heteroatoms. The van der Waals surface area contributed by atoms with E-state index in [1.807, 2.05) is 39.1 Å². The first kappa shape index (κ1) is 16.9. The van der Waals surface area contributed by atoms with Crippen LogP contribution in [0.5, 0.6) is 0 Å². The van der Waals surface area contributed by atoms with Crippen LogP contribution in [0.25, 0.3) is 11.7 Å². The summed E-state index contributed by atoms with van der Waals surface area (Å²) in [6, 6.07) is 9.34. The zero-order valence-corrected chi connectivity index (χ0v) is 14.4. The fourth-order valence-corrected chi connectivity index (χ4v) is 2.43. The Bertz CT molecular complexity index is 855. The summed E-state index contributed by atoms with van der Waals surface area (Å²) in [6.07, 6.45) is 1.54. The van der Waals surface area contributed by atoms with Crippen molar-refractivity contribution in [2.24, 2.45) is 0 Å². The number of likely N-dealkylation sites (N-methyl/N-ethyl adjacent to an activating group) is 1. The van der Waals surface area contributed by atoms with Crippen LogP contribution in [0, 0.1) is 13.8 Å². The Labute approximate surface area is 145 Å². The third-order valence-corrected chi connectivity index (χ3v) is 3.90. The number of carbonyl (C=O) groups excluding carboxylic acids is 1. The number of hydrogen-bond donors (Lipinski definition) is 1. The Balaban J connectivity index is 1.56. The topological polar surface area (TPSA) is 84.4 Å². The number of nitrogens with one attached hydrogen (secondary N) is 1. The van der Waals surface area contributed by atoms with Gasteiger partial charge in [0.05, 0.1) is 19.4 Å². The standard InChI is InChI=1S/C18H20N4O3/c1-12-6-4-7-14(13(12)2)19-16(23)10-22(3)11-17-20-21-18(25-17)15-8-5-9-24-15/h4-9H,10-11H2,1-3H3,(H,19,23). The van der Waals surface area contributed by atoms with Crippen LogP contribution < -0.4 is 5.32 Å². The number of carbonyl (C=O) groups is 1. The summed E-state index contributed by atoms with van der Waals surface area (Å²) in [5.41, 5.74) is 3.04. The molecule has 0 atom stereocenters. The molecule has 0 aliphatic rings. The summed E-state index contributed by atoms with van der Waals surface area (Å²) >= 11 is 0. The van der Waals surface area contributed by atoms with Gasteiger partial charge in [-0.2, -0.15) is 0 Å². The van der Waals surface area contributed by atoms with Gasteiger partial charge in [0, 0.05) is 5.69 Å². The molecule has 0 fully saturated rings. The van der Waals surface area contributed by atoms with E-state index >= 15 is 0 Å². The van der Waals surface area contributed by atoms with Crippen LogP contribution in [0.4, 0.5) is 5.69 Å². The Hall–Kier alpha value is -2.93. The maximum atomic E-state index is 12.2. The van der Waals surface area contributed by atoms with Crippen LogP contribution in [0.2, 0.25) is 0 Å². The first-order chi connectivity index (χ1) is 12.0. The molecule has 0 unspecified atom stereocenters. The smallest absolute Gasteiger partial charge is 0.283 e. The van der Waals surface area contributed by atoms with Crippen molar-refractivity contribution in [3.63, 3.8) is 0 Å². The summed E-state index contributed by atoms with van der Waals surface area (Å²) in [5, 5.41) is 10.9. The minimum absolute atomic E-state index is 0.0954. The lowest BCUT2D eigenvalue weighted by Gasteiger charge is -2.15. The van der Waals surface area contributed by atoms with Gasteiger partial charge in [0.1, 0.15) is 0 Å². The summed E-state index contributed by atoms with van der Waals surface area (Å²) in [6.45, 7) is 4.59. The molecular formula is C18H20N4O3. The lowest BCUT2D eigenvalue weighted by atomic mass is 10.1. The van der Waals surface area contributed by atoms with Crippen molar-refractivity contribution in [2.45, 2.75) is 20.4 Å². The Morgan fingerprint density at radius 2 is 2.04 bits per heavy atom. The molecule has 0 aliphatic carbocycles. The van der Waals surface area contributed by atoms with E-state index in [2.05, 4.69) is 15.5 Å². The number of amides is 1. The average Bonchev–Trinajstić information content (AvgIpc) is 3.22. The Kier molecular flexibility index (Phi) is 4.95. The highest BCUT2D eigenvalue weighted by atomic mass is 16.4. The van der Waals surface area contributed by atoms with Gasteiger partial charge in [-0.05, 0) is 50.2 Å². The molecular weight excluding hydrogens is 320 g/mol. The SMILES string of the molecule is Cc1cccc(NC(=O)CN(C)Cc2nnc(-c3ccco3)o2)c1C. The van der Waals surface area contributed by atoms with Crippen molar-refractivity contribution in [3.05, 3.63) is 53.6 Å². The third-order valence-electron chi connectivity index (χ3n) is 3.90. The molecule has 2 aromatic heterocycles. The summed E-state index contributed by atoms with van der Waals surface area (Å²) in [5.74, 6) is 1.18. The van der Waals surface area contributed by atoms with Crippen LogP contribution >= 0.6 is 0 Å². The normalized spacial score (nSPS) is 11.0. The molecule has 3 aromatic rings. The van der Waals surface area contributed by atoms with E-state index in [4.69, 9.17) is 8.83 Å². The van der Waals surface area contributed by atoms with Gasteiger partial charge >= 0.3 is 0 Å². The number of anilines is 1. The van der Waals surface area contributed by atoms with E-state index in [1.54, 1.807) is 23.3 Å². The number of rotatable bonds is 6. The van der Waals surface area contributed by atoms with Gasteiger partial charge in [-0.1, -0.05) is 12.1 Å². The molecule has 0 saturated carbocycles. The van der Waals surface area contributed by atoms with E-state index in [0.717, 1.165) is 16.8 Å². The monoisotopic (exact) mass is 340 g/mol. The molecule has 25 heavy (non-hydrogen) atoms. The van der Waals surface area contributed by atoms with Gasteiger partial charge in [0.2, 0.25) is 11.8 Å². The molecule has 2 heterocycles. The fourth-order valence-electron chi connectivity index (χ4n) is 2.43. The van der Waals surface area contributed by atoms with Gasteiger partial charge in [0.15, 0.2) is 5.76 Å². The van der Waals surface area contributed by atoms with Crippen molar-refractivity contribution in [1.82, 2.24) is 15.1 Å². The first-order valence-electron chi connectivity index (χ1n) is 7.94. The second kappa shape index (κ2) is 7.31. The summed E-state index contributed by atoms with van der Waals surface area (Å²) < 4.78 is 10.8. The average molecular weight is 340 g/mol. The first-order valence-corrected chi connectivity index (χ1v) is 7.94. The lowest BCUT2D eigenvalue weighted by Crippen LogP contribution is -2.30. The zero-order valence-electron chi connectivity index (χ0n) is 14.4. The number of aromatic nitrogens is 2. The van der Waals surface area contributed by atoms with Gasteiger partial charge in [0.25, 0.3) is 5.89 Å². The Morgan fingerprint density at radius 3 is 2.80 bits per heavy atom. The second-order valence-corrected chi connectivity index (χ2v) is 5.95. The number of furan rings is 1. The van der Waals surface area contributed by atoms with Gasteiger partial charge in [-0.15, -0.1) is 10.2 Å². The molecule has 7 nitrogen and oxygen atoms in total. The van der Waals surface area contributed by atoms with Crippen molar-refractivity contribution in [2.75, 3.05) is 18.9 Å². The van der Waals surface area contributed by atoms with Crippen LogP contribution in [0.1, 0.15) is 17.0 Å². The van der Waals surface area contributed by atoms with Gasteiger partial charge < -0.3 is 14.2 Å². The van der Waals surface area contributed by atoms with Crippen LogP contribution in [-0.4, -0.2) is 34.6 Å². The molecule has 0 aliphatic heterocycles. The van der Waals surface area contributed by atoms with Gasteiger partial charge in [-0.3, -0.25) is 9.69 Å². The van der Waals surface area contributed by atoms with Crippen LogP contribution in [-0.2, 0) is 11.3 Å². The van der Waals surface area contributed by atoms with E-state index < -0.39 is 0 Å². The van der Waals surface area contributed by atoms with E-state index in [1.165, 1.54) is 0 Å². The highest BCUT2D eigenvalue weighted by Crippen LogP contribution is 2.19. The molecule has 0 bridgehead atoms. The Morgan fingerprint density at radius 1 is 1.20 bits per heavy atom. The highest BCUT2D eigenvalue weighted by molar-refractivity contribution is 5.93. The summed E-state index contributed by atoms with van der Waals surface area (Å²) in [4.78, 5) is 14.0. The minimum Gasteiger partial charge on any atom is -0.459 e. The van der Waals surface area contributed by atoms with Crippen molar-refractivity contribution in [1.29, 1.82) is 0 Å². The third kappa shape index (κ3) is 4.13. The van der Waals surface area contributed by atoms with E-state index in [9.17, 15) is 4.79 Å². The maximum absolute atomic E-state index is 12.2. The molecule has 0 radical (unpaired) electrons. The predicted octanol–water partition coefficient (Wildman–Crippen LogP) is 3.02.